The number of hydrogen-bond acceptors (Lipinski definition) is 6. The van der Waals surface area contributed by atoms with Gasteiger partial charge in [0, 0.05) is 5.56 Å². The lowest BCUT2D eigenvalue weighted by molar-refractivity contribution is 0.219. The van der Waals surface area contributed by atoms with Crippen LogP contribution in [0.4, 0.5) is 0 Å². The van der Waals surface area contributed by atoms with Crippen LogP contribution in [0.1, 0.15) is 19.4 Å². The number of aromatic nitrogens is 1. The fraction of sp³-hybridized carbons (Fsp3) is 0.316. The molecule has 1 heterocycles. The highest BCUT2D eigenvalue weighted by Crippen LogP contribution is 2.51. The number of nitrogens with zero attached hydrogens (tertiary/aromatic N) is 1. The van der Waals surface area contributed by atoms with Crippen molar-refractivity contribution in [3.63, 3.8) is 0 Å². The Morgan fingerprint density at radius 1 is 1.04 bits per heavy atom. The zero-order valence-corrected chi connectivity index (χ0v) is 16.0. The van der Waals surface area contributed by atoms with Crippen LogP contribution in [-0.2, 0) is 19.8 Å². The third-order valence-electron chi connectivity index (χ3n) is 3.82. The number of fused-ring (bicyclic) bond motifs is 1. The molecule has 0 atom stereocenters. The monoisotopic (exact) mass is 375 g/mol. The van der Waals surface area contributed by atoms with Crippen molar-refractivity contribution in [2.24, 2.45) is 0 Å². The highest BCUT2D eigenvalue weighted by atomic mass is 31.2. The quantitative estimate of drug-likeness (QED) is 0.500. The van der Waals surface area contributed by atoms with Gasteiger partial charge in [-0.05, 0) is 55.8 Å². The van der Waals surface area contributed by atoms with Crippen LogP contribution in [0, 0.1) is 0 Å². The van der Waals surface area contributed by atoms with E-state index in [-0.39, 0.29) is 6.16 Å². The number of oxazole rings is 1. The molecule has 0 aliphatic heterocycles. The highest BCUT2D eigenvalue weighted by Gasteiger charge is 2.24. The van der Waals surface area contributed by atoms with Crippen LogP contribution in [0.5, 0.6) is 5.75 Å². The van der Waals surface area contributed by atoms with Gasteiger partial charge in [-0.2, -0.15) is 0 Å². The molecular weight excluding hydrogens is 353 g/mol. The van der Waals surface area contributed by atoms with E-state index >= 15 is 0 Å². The Kier molecular flexibility index (Phi) is 5.77. The van der Waals surface area contributed by atoms with Gasteiger partial charge in [0.2, 0.25) is 5.89 Å². The predicted molar refractivity (Wildman–Crippen MR) is 101 cm³/mol. The van der Waals surface area contributed by atoms with Crippen molar-refractivity contribution in [3.8, 4) is 17.2 Å². The fourth-order valence-corrected chi connectivity index (χ4v) is 4.36. The summed E-state index contributed by atoms with van der Waals surface area (Å²) in [5, 5.41) is 0. The van der Waals surface area contributed by atoms with Gasteiger partial charge in [-0.25, -0.2) is 4.98 Å². The predicted octanol–water partition coefficient (Wildman–Crippen LogP) is 5.27. The minimum atomic E-state index is -3.16. The van der Waals surface area contributed by atoms with Crippen LogP contribution in [0.3, 0.4) is 0 Å². The summed E-state index contributed by atoms with van der Waals surface area (Å²) in [5.41, 5.74) is 3.05. The van der Waals surface area contributed by atoms with Crippen molar-refractivity contribution in [2.75, 3.05) is 20.3 Å². The van der Waals surface area contributed by atoms with Gasteiger partial charge >= 0.3 is 7.60 Å². The van der Waals surface area contributed by atoms with E-state index in [1.54, 1.807) is 21.0 Å². The van der Waals surface area contributed by atoms with Crippen molar-refractivity contribution < 1.29 is 22.8 Å². The Balaban J connectivity index is 1.88. The summed E-state index contributed by atoms with van der Waals surface area (Å²) >= 11 is 0. The minimum absolute atomic E-state index is 0.198. The summed E-state index contributed by atoms with van der Waals surface area (Å²) in [4.78, 5) is 4.51. The van der Waals surface area contributed by atoms with Gasteiger partial charge < -0.3 is 18.2 Å². The summed E-state index contributed by atoms with van der Waals surface area (Å²) < 4.78 is 34.5. The zero-order chi connectivity index (χ0) is 18.6. The maximum absolute atomic E-state index is 12.7. The lowest BCUT2D eigenvalue weighted by Gasteiger charge is -2.16. The molecule has 0 saturated carbocycles. The molecular formula is C19H22NO5P. The average Bonchev–Trinajstić information content (AvgIpc) is 3.05. The topological polar surface area (TPSA) is 70.8 Å². The second-order valence-electron chi connectivity index (χ2n) is 5.65. The van der Waals surface area contributed by atoms with E-state index in [9.17, 15) is 4.57 Å². The third-order valence-corrected chi connectivity index (χ3v) is 5.87. The standard InChI is InChI=1S/C19H22NO5P/c1-4-23-26(21,24-5-2)13-14-6-11-17-18(12-14)25-19(20-17)15-7-9-16(22-3)10-8-15/h6-12H,4-5,13H2,1-3H3. The van der Waals surface area contributed by atoms with Crippen LogP contribution >= 0.6 is 7.60 Å². The second kappa shape index (κ2) is 8.04. The highest BCUT2D eigenvalue weighted by molar-refractivity contribution is 7.53. The first-order chi connectivity index (χ1) is 12.6. The molecule has 0 fully saturated rings. The molecule has 0 aliphatic rings. The van der Waals surface area contributed by atoms with Crippen LogP contribution in [-0.4, -0.2) is 25.3 Å². The first kappa shape index (κ1) is 18.6. The smallest absolute Gasteiger partial charge is 0.335 e. The summed E-state index contributed by atoms with van der Waals surface area (Å²) in [5.74, 6) is 1.30. The number of rotatable bonds is 8. The largest absolute Gasteiger partial charge is 0.497 e. The van der Waals surface area contributed by atoms with Gasteiger partial charge in [-0.3, -0.25) is 4.57 Å². The van der Waals surface area contributed by atoms with E-state index in [0.29, 0.717) is 24.7 Å². The van der Waals surface area contributed by atoms with Crippen LogP contribution in [0.15, 0.2) is 46.9 Å². The van der Waals surface area contributed by atoms with Gasteiger partial charge in [0.25, 0.3) is 0 Å². The Labute approximate surface area is 152 Å². The van der Waals surface area contributed by atoms with Gasteiger partial charge in [-0.15, -0.1) is 0 Å². The first-order valence-electron chi connectivity index (χ1n) is 8.49. The molecule has 0 unspecified atom stereocenters. The SMILES string of the molecule is CCOP(=O)(Cc1ccc2nc(-c3ccc(OC)cc3)oc2c1)OCC. The van der Waals surface area contributed by atoms with E-state index in [2.05, 4.69) is 4.98 Å². The molecule has 0 amide bonds. The molecule has 7 heteroatoms. The van der Waals surface area contributed by atoms with E-state index < -0.39 is 7.60 Å². The van der Waals surface area contributed by atoms with Crippen molar-refractivity contribution >= 4 is 18.7 Å². The second-order valence-corrected chi connectivity index (χ2v) is 7.71. The van der Waals surface area contributed by atoms with E-state index in [0.717, 1.165) is 22.4 Å². The molecule has 6 nitrogen and oxygen atoms in total. The molecule has 0 N–H and O–H groups in total. The Hall–Kier alpha value is -2.14. The molecule has 0 spiro atoms. The molecule has 26 heavy (non-hydrogen) atoms. The first-order valence-corrected chi connectivity index (χ1v) is 10.2. The lowest BCUT2D eigenvalue weighted by atomic mass is 10.2. The van der Waals surface area contributed by atoms with Crippen molar-refractivity contribution in [1.29, 1.82) is 0 Å². The molecule has 0 bridgehead atoms. The third kappa shape index (κ3) is 4.15. The van der Waals surface area contributed by atoms with E-state index in [4.69, 9.17) is 18.2 Å². The normalized spacial score (nSPS) is 11.8. The summed E-state index contributed by atoms with van der Waals surface area (Å²) in [6.07, 6.45) is 0.198. The fourth-order valence-electron chi connectivity index (χ4n) is 2.67. The zero-order valence-electron chi connectivity index (χ0n) is 15.1. The van der Waals surface area contributed by atoms with Crippen molar-refractivity contribution in [2.45, 2.75) is 20.0 Å². The van der Waals surface area contributed by atoms with Crippen LogP contribution in [0.25, 0.3) is 22.6 Å². The molecule has 1 aromatic heterocycles. The summed E-state index contributed by atoms with van der Waals surface area (Å²) in [6.45, 7) is 4.27. The van der Waals surface area contributed by atoms with Gasteiger partial charge in [0.15, 0.2) is 5.58 Å². The van der Waals surface area contributed by atoms with Crippen LogP contribution in [0.2, 0.25) is 0 Å². The molecule has 3 aromatic rings. The molecule has 138 valence electrons. The number of methoxy groups -OCH3 is 1. The van der Waals surface area contributed by atoms with Gasteiger partial charge in [0.05, 0.1) is 26.5 Å². The number of benzene rings is 2. The minimum Gasteiger partial charge on any atom is -0.497 e. The summed E-state index contributed by atoms with van der Waals surface area (Å²) in [6, 6.07) is 13.1. The summed E-state index contributed by atoms with van der Waals surface area (Å²) in [7, 11) is -1.53. The molecule has 0 saturated heterocycles. The van der Waals surface area contributed by atoms with E-state index in [1.807, 2.05) is 42.5 Å². The number of ether oxygens (including phenoxy) is 1. The molecule has 0 radical (unpaired) electrons. The van der Waals surface area contributed by atoms with Crippen LogP contribution < -0.4 is 4.74 Å². The lowest BCUT2D eigenvalue weighted by Crippen LogP contribution is -1.99. The Morgan fingerprint density at radius 3 is 2.35 bits per heavy atom. The number of hydrogen-bond donors (Lipinski definition) is 0. The maximum atomic E-state index is 12.7. The van der Waals surface area contributed by atoms with Gasteiger partial charge in [-0.1, -0.05) is 6.07 Å². The maximum Gasteiger partial charge on any atom is 0.335 e. The Bertz CT molecular complexity index is 909. The van der Waals surface area contributed by atoms with Crippen molar-refractivity contribution in [3.05, 3.63) is 48.0 Å². The average molecular weight is 375 g/mol. The molecule has 2 aromatic carbocycles. The van der Waals surface area contributed by atoms with Crippen molar-refractivity contribution in [1.82, 2.24) is 4.98 Å². The molecule has 0 aliphatic carbocycles. The Morgan fingerprint density at radius 2 is 1.73 bits per heavy atom. The van der Waals surface area contributed by atoms with E-state index in [1.165, 1.54) is 0 Å². The molecule has 3 rings (SSSR count). The van der Waals surface area contributed by atoms with Gasteiger partial charge in [0.1, 0.15) is 11.3 Å².